The van der Waals surface area contributed by atoms with Crippen LogP contribution in [-0.2, 0) is 0 Å². The molecule has 2 nitrogen and oxygen atoms in total. The molecule has 0 aromatic heterocycles. The summed E-state index contributed by atoms with van der Waals surface area (Å²) in [5.41, 5.74) is 0. The van der Waals surface area contributed by atoms with Gasteiger partial charge < -0.3 is 10.0 Å². The topological polar surface area (TPSA) is 23.5 Å². The highest BCUT2D eigenvalue weighted by atomic mass is 16.3. The molecule has 2 rings (SSSR count). The van der Waals surface area contributed by atoms with Crippen LogP contribution < -0.4 is 0 Å². The van der Waals surface area contributed by atoms with E-state index in [-0.39, 0.29) is 6.10 Å². The van der Waals surface area contributed by atoms with Gasteiger partial charge in [0.25, 0.3) is 0 Å². The third-order valence-electron chi connectivity index (χ3n) is 4.97. The third kappa shape index (κ3) is 3.96. The molecule has 0 radical (unpaired) electrons. The Hall–Kier alpha value is -0.0800. The molecule has 1 aliphatic carbocycles. The Balaban J connectivity index is 1.48. The maximum absolute atomic E-state index is 9.88. The molecule has 2 fully saturated rings. The van der Waals surface area contributed by atoms with Crippen molar-refractivity contribution in [2.45, 2.75) is 70.8 Å². The second-order valence-electron chi connectivity index (χ2n) is 6.45. The summed E-state index contributed by atoms with van der Waals surface area (Å²) in [6.45, 7) is 5.98. The van der Waals surface area contributed by atoms with E-state index in [1.807, 2.05) is 0 Å². The molecule has 2 aliphatic rings. The summed E-state index contributed by atoms with van der Waals surface area (Å²) in [5.74, 6) is 1.42. The van der Waals surface area contributed by atoms with Crippen LogP contribution in [0.4, 0.5) is 0 Å². The van der Waals surface area contributed by atoms with Gasteiger partial charge in [0.05, 0.1) is 6.10 Å². The zero-order valence-corrected chi connectivity index (χ0v) is 12.1. The molecule has 1 saturated carbocycles. The van der Waals surface area contributed by atoms with Crippen molar-refractivity contribution in [1.82, 2.24) is 4.90 Å². The van der Waals surface area contributed by atoms with Crippen LogP contribution in [0.2, 0.25) is 0 Å². The molecule has 3 atom stereocenters. The van der Waals surface area contributed by atoms with Crippen molar-refractivity contribution < 1.29 is 5.11 Å². The van der Waals surface area contributed by atoms with Crippen molar-refractivity contribution in [1.29, 1.82) is 0 Å². The normalized spacial score (nSPS) is 32.0. The van der Waals surface area contributed by atoms with Crippen molar-refractivity contribution in [2.75, 3.05) is 19.6 Å². The molecule has 1 N–H and O–H groups in total. The molecule has 106 valence electrons. The van der Waals surface area contributed by atoms with Gasteiger partial charge in [0, 0.05) is 19.0 Å². The Morgan fingerprint density at radius 1 is 0.944 bits per heavy atom. The van der Waals surface area contributed by atoms with Crippen LogP contribution in [0.5, 0.6) is 0 Å². The highest BCUT2D eigenvalue weighted by Crippen LogP contribution is 2.38. The van der Waals surface area contributed by atoms with Crippen LogP contribution in [0.3, 0.4) is 0 Å². The predicted molar refractivity (Wildman–Crippen MR) is 76.7 cm³/mol. The van der Waals surface area contributed by atoms with Crippen molar-refractivity contribution >= 4 is 0 Å². The van der Waals surface area contributed by atoms with Crippen LogP contribution in [-0.4, -0.2) is 35.7 Å². The number of rotatable bonds is 8. The van der Waals surface area contributed by atoms with E-state index in [1.54, 1.807) is 0 Å². The Morgan fingerprint density at radius 3 is 2.39 bits per heavy atom. The first kappa shape index (κ1) is 14.3. The molecule has 0 bridgehead atoms. The first-order valence-corrected chi connectivity index (χ1v) is 8.21. The Labute approximate surface area is 113 Å². The fourth-order valence-corrected chi connectivity index (χ4v) is 3.80. The number of likely N-dealkylation sites (tertiary alicyclic amines) is 1. The van der Waals surface area contributed by atoms with E-state index in [0.29, 0.717) is 5.92 Å². The SMILES string of the molecule is CCCCCCCCCN1CC2CCC(O)C2C1. The quantitative estimate of drug-likeness (QED) is 0.670. The lowest BCUT2D eigenvalue weighted by Crippen LogP contribution is -2.25. The van der Waals surface area contributed by atoms with E-state index < -0.39 is 0 Å². The van der Waals surface area contributed by atoms with Crippen LogP contribution in [0.1, 0.15) is 64.7 Å². The molecular weight excluding hydrogens is 222 g/mol. The second-order valence-corrected chi connectivity index (χ2v) is 6.45. The smallest absolute Gasteiger partial charge is 0.0583 e. The van der Waals surface area contributed by atoms with Gasteiger partial charge in [-0.1, -0.05) is 45.4 Å². The molecule has 0 spiro atoms. The molecule has 0 aromatic carbocycles. The minimum atomic E-state index is 0.00837. The number of hydrogen-bond donors (Lipinski definition) is 1. The molecule has 18 heavy (non-hydrogen) atoms. The van der Waals surface area contributed by atoms with E-state index in [1.165, 1.54) is 71.0 Å². The summed E-state index contributed by atoms with van der Waals surface area (Å²) in [5, 5.41) is 9.88. The maximum atomic E-state index is 9.88. The van der Waals surface area contributed by atoms with Crippen molar-refractivity contribution in [3.8, 4) is 0 Å². The average molecular weight is 253 g/mol. The molecular formula is C16H31NO. The molecule has 1 saturated heterocycles. The van der Waals surface area contributed by atoms with E-state index in [0.717, 1.165) is 12.3 Å². The summed E-state index contributed by atoms with van der Waals surface area (Å²) in [4.78, 5) is 2.60. The number of aliphatic hydroxyl groups excluding tert-OH is 1. The van der Waals surface area contributed by atoms with Gasteiger partial charge in [-0.25, -0.2) is 0 Å². The Bertz CT molecular complexity index is 231. The Kier molecular flexibility index (Phi) is 5.97. The van der Waals surface area contributed by atoms with Gasteiger partial charge in [0.1, 0.15) is 0 Å². The molecule has 2 heteroatoms. The number of hydrogen-bond acceptors (Lipinski definition) is 2. The zero-order valence-electron chi connectivity index (χ0n) is 12.1. The summed E-state index contributed by atoms with van der Waals surface area (Å²) in [6, 6.07) is 0. The average Bonchev–Trinajstić information content (AvgIpc) is 2.91. The summed E-state index contributed by atoms with van der Waals surface area (Å²) in [7, 11) is 0. The number of unbranched alkanes of at least 4 members (excludes halogenated alkanes) is 6. The third-order valence-corrected chi connectivity index (χ3v) is 4.97. The van der Waals surface area contributed by atoms with E-state index >= 15 is 0 Å². The van der Waals surface area contributed by atoms with E-state index in [9.17, 15) is 5.11 Å². The second kappa shape index (κ2) is 7.49. The lowest BCUT2D eigenvalue weighted by atomic mass is 10.00. The Morgan fingerprint density at radius 2 is 1.67 bits per heavy atom. The minimum absolute atomic E-state index is 0.00837. The fraction of sp³-hybridized carbons (Fsp3) is 1.00. The molecule has 1 aliphatic heterocycles. The van der Waals surface area contributed by atoms with Crippen LogP contribution in [0.25, 0.3) is 0 Å². The molecule has 3 unspecified atom stereocenters. The summed E-state index contributed by atoms with van der Waals surface area (Å²) >= 11 is 0. The van der Waals surface area contributed by atoms with Crippen LogP contribution in [0, 0.1) is 11.8 Å². The first-order valence-electron chi connectivity index (χ1n) is 8.21. The number of fused-ring (bicyclic) bond motifs is 1. The van der Waals surface area contributed by atoms with Gasteiger partial charge in [-0.2, -0.15) is 0 Å². The molecule has 0 amide bonds. The fourth-order valence-electron chi connectivity index (χ4n) is 3.80. The van der Waals surface area contributed by atoms with Gasteiger partial charge in [-0.05, 0) is 31.7 Å². The standard InChI is InChI=1S/C16H31NO/c1-2-3-4-5-6-7-8-11-17-12-14-9-10-16(18)15(14)13-17/h14-16,18H,2-13H2,1H3. The van der Waals surface area contributed by atoms with Gasteiger partial charge in [-0.3, -0.25) is 0 Å². The first-order chi connectivity index (χ1) is 8.81. The van der Waals surface area contributed by atoms with E-state index in [2.05, 4.69) is 11.8 Å². The zero-order chi connectivity index (χ0) is 12.8. The molecule has 0 aromatic rings. The lowest BCUT2D eigenvalue weighted by Gasteiger charge is -2.17. The largest absolute Gasteiger partial charge is 0.393 e. The van der Waals surface area contributed by atoms with Crippen molar-refractivity contribution in [3.63, 3.8) is 0 Å². The van der Waals surface area contributed by atoms with Crippen LogP contribution in [0.15, 0.2) is 0 Å². The lowest BCUT2D eigenvalue weighted by molar-refractivity contribution is 0.124. The summed E-state index contributed by atoms with van der Waals surface area (Å²) in [6.07, 6.45) is 12.1. The number of nitrogens with zero attached hydrogens (tertiary/aromatic N) is 1. The number of aliphatic hydroxyl groups is 1. The van der Waals surface area contributed by atoms with Gasteiger partial charge in [0.2, 0.25) is 0 Å². The van der Waals surface area contributed by atoms with E-state index in [4.69, 9.17) is 0 Å². The minimum Gasteiger partial charge on any atom is -0.393 e. The highest BCUT2D eigenvalue weighted by Gasteiger charge is 2.41. The molecule has 1 heterocycles. The summed E-state index contributed by atoms with van der Waals surface area (Å²) < 4.78 is 0. The van der Waals surface area contributed by atoms with Gasteiger partial charge in [-0.15, -0.1) is 0 Å². The predicted octanol–water partition coefficient (Wildman–Crippen LogP) is 3.44. The van der Waals surface area contributed by atoms with Crippen LogP contribution >= 0.6 is 0 Å². The van der Waals surface area contributed by atoms with Gasteiger partial charge >= 0.3 is 0 Å². The van der Waals surface area contributed by atoms with Gasteiger partial charge in [0.15, 0.2) is 0 Å². The highest BCUT2D eigenvalue weighted by molar-refractivity contribution is 4.93. The van der Waals surface area contributed by atoms with Crippen molar-refractivity contribution in [3.05, 3.63) is 0 Å². The van der Waals surface area contributed by atoms with Crippen molar-refractivity contribution in [2.24, 2.45) is 11.8 Å². The monoisotopic (exact) mass is 253 g/mol. The maximum Gasteiger partial charge on any atom is 0.0583 e.